The molecule has 0 saturated carbocycles. The third kappa shape index (κ3) is 4.48. The molecular weight excluding hydrogens is 134 g/mol. The standard InChI is InChI=1S/C8H14F2/c1-3-5-7-8(9,10)6-4-2/h5,7H,3-4,6H2,1-2H3. The predicted octanol–water partition coefficient (Wildman–Crippen LogP) is 3.39. The molecule has 0 aliphatic heterocycles. The van der Waals surface area contributed by atoms with Gasteiger partial charge in [-0.3, -0.25) is 0 Å². The Kier molecular flexibility index (Phi) is 4.24. The second-order valence-electron chi connectivity index (χ2n) is 2.32. The molecule has 0 atom stereocenters. The number of alkyl halides is 2. The van der Waals surface area contributed by atoms with E-state index in [0.29, 0.717) is 12.8 Å². The average molecular weight is 148 g/mol. The Labute approximate surface area is 60.9 Å². The number of allylic oxidation sites excluding steroid dienone is 2. The van der Waals surface area contributed by atoms with Gasteiger partial charge in [0.2, 0.25) is 0 Å². The van der Waals surface area contributed by atoms with Crippen LogP contribution in [0, 0.1) is 0 Å². The molecule has 0 amide bonds. The van der Waals surface area contributed by atoms with Crippen molar-refractivity contribution in [3.05, 3.63) is 12.2 Å². The van der Waals surface area contributed by atoms with E-state index >= 15 is 0 Å². The topological polar surface area (TPSA) is 0 Å². The van der Waals surface area contributed by atoms with Crippen molar-refractivity contribution in [1.29, 1.82) is 0 Å². The fourth-order valence-electron chi connectivity index (χ4n) is 0.707. The average Bonchev–Trinajstić information content (AvgIpc) is 1.84. The second-order valence-corrected chi connectivity index (χ2v) is 2.32. The molecule has 0 aromatic rings. The molecule has 10 heavy (non-hydrogen) atoms. The van der Waals surface area contributed by atoms with Gasteiger partial charge >= 0.3 is 0 Å². The van der Waals surface area contributed by atoms with Crippen LogP contribution in [-0.2, 0) is 0 Å². The van der Waals surface area contributed by atoms with E-state index in [9.17, 15) is 8.78 Å². The normalized spacial score (nSPS) is 12.8. The molecular formula is C8H14F2. The van der Waals surface area contributed by atoms with Gasteiger partial charge in [0.15, 0.2) is 0 Å². The molecule has 0 aromatic heterocycles. The summed E-state index contributed by atoms with van der Waals surface area (Å²) in [4.78, 5) is 0. The highest BCUT2D eigenvalue weighted by atomic mass is 19.3. The minimum atomic E-state index is -2.58. The molecule has 0 saturated heterocycles. The van der Waals surface area contributed by atoms with Gasteiger partial charge in [-0.25, -0.2) is 8.78 Å². The first-order valence-electron chi connectivity index (χ1n) is 3.68. The van der Waals surface area contributed by atoms with Gasteiger partial charge in [-0.05, 0) is 12.5 Å². The third-order valence-electron chi connectivity index (χ3n) is 1.18. The summed E-state index contributed by atoms with van der Waals surface area (Å²) in [5, 5.41) is 0. The molecule has 0 aliphatic carbocycles. The second kappa shape index (κ2) is 4.42. The van der Waals surface area contributed by atoms with Crippen molar-refractivity contribution >= 4 is 0 Å². The van der Waals surface area contributed by atoms with Crippen molar-refractivity contribution in [3.63, 3.8) is 0 Å². The van der Waals surface area contributed by atoms with E-state index in [2.05, 4.69) is 0 Å². The fourth-order valence-corrected chi connectivity index (χ4v) is 0.707. The first-order chi connectivity index (χ1) is 4.62. The van der Waals surface area contributed by atoms with E-state index in [-0.39, 0.29) is 6.42 Å². The lowest BCUT2D eigenvalue weighted by Crippen LogP contribution is -2.10. The third-order valence-corrected chi connectivity index (χ3v) is 1.18. The molecule has 2 heteroatoms. The molecule has 0 heterocycles. The van der Waals surface area contributed by atoms with Crippen LogP contribution in [0.1, 0.15) is 33.1 Å². The van der Waals surface area contributed by atoms with Crippen molar-refractivity contribution in [2.75, 3.05) is 0 Å². The van der Waals surface area contributed by atoms with Crippen molar-refractivity contribution in [2.24, 2.45) is 0 Å². The van der Waals surface area contributed by atoms with E-state index in [1.54, 1.807) is 6.92 Å². The highest BCUT2D eigenvalue weighted by Gasteiger charge is 2.22. The Hall–Kier alpha value is -0.400. The molecule has 60 valence electrons. The Morgan fingerprint density at radius 2 is 1.90 bits per heavy atom. The van der Waals surface area contributed by atoms with Crippen LogP contribution < -0.4 is 0 Å². The Bertz CT molecular complexity index is 106. The monoisotopic (exact) mass is 148 g/mol. The van der Waals surface area contributed by atoms with Crippen LogP contribution in [0.2, 0.25) is 0 Å². The molecule has 0 aromatic carbocycles. The lowest BCUT2D eigenvalue weighted by Gasteiger charge is -2.08. The summed E-state index contributed by atoms with van der Waals surface area (Å²) < 4.78 is 25.0. The summed E-state index contributed by atoms with van der Waals surface area (Å²) in [5.74, 6) is -2.58. The maximum Gasteiger partial charge on any atom is 0.266 e. The van der Waals surface area contributed by atoms with Crippen LogP contribution in [0.15, 0.2) is 12.2 Å². The van der Waals surface area contributed by atoms with E-state index in [4.69, 9.17) is 0 Å². The summed E-state index contributed by atoms with van der Waals surface area (Å²) in [7, 11) is 0. The van der Waals surface area contributed by atoms with Crippen LogP contribution in [-0.4, -0.2) is 5.92 Å². The van der Waals surface area contributed by atoms with Crippen molar-refractivity contribution in [3.8, 4) is 0 Å². The first kappa shape index (κ1) is 9.60. The quantitative estimate of drug-likeness (QED) is 0.536. The predicted molar refractivity (Wildman–Crippen MR) is 39.3 cm³/mol. The summed E-state index contributed by atoms with van der Waals surface area (Å²) in [5.41, 5.74) is 0. The van der Waals surface area contributed by atoms with Gasteiger partial charge in [0.25, 0.3) is 5.92 Å². The zero-order valence-electron chi connectivity index (χ0n) is 6.53. The van der Waals surface area contributed by atoms with Gasteiger partial charge in [-0.1, -0.05) is 26.3 Å². The van der Waals surface area contributed by atoms with Crippen LogP contribution >= 0.6 is 0 Å². The first-order valence-corrected chi connectivity index (χ1v) is 3.68. The molecule has 0 bridgehead atoms. The molecule has 0 nitrogen and oxygen atoms in total. The Morgan fingerprint density at radius 1 is 1.30 bits per heavy atom. The minimum absolute atomic E-state index is 0.0382. The summed E-state index contributed by atoms with van der Waals surface area (Å²) in [6.07, 6.45) is 3.68. The van der Waals surface area contributed by atoms with Crippen molar-refractivity contribution in [1.82, 2.24) is 0 Å². The lowest BCUT2D eigenvalue weighted by molar-refractivity contribution is 0.0446. The van der Waals surface area contributed by atoms with E-state index in [0.717, 1.165) is 6.08 Å². The maximum absolute atomic E-state index is 12.5. The van der Waals surface area contributed by atoms with Gasteiger partial charge < -0.3 is 0 Å². The molecule has 0 radical (unpaired) electrons. The number of hydrogen-bond donors (Lipinski definition) is 0. The van der Waals surface area contributed by atoms with Crippen LogP contribution in [0.25, 0.3) is 0 Å². The van der Waals surface area contributed by atoms with Gasteiger partial charge in [-0.2, -0.15) is 0 Å². The molecule has 0 N–H and O–H groups in total. The van der Waals surface area contributed by atoms with E-state index in [1.165, 1.54) is 6.08 Å². The van der Waals surface area contributed by atoms with Gasteiger partial charge in [0, 0.05) is 6.42 Å². The summed E-state index contributed by atoms with van der Waals surface area (Å²) in [6, 6.07) is 0. The molecule has 0 unspecified atom stereocenters. The van der Waals surface area contributed by atoms with Gasteiger partial charge in [0.1, 0.15) is 0 Å². The van der Waals surface area contributed by atoms with Crippen LogP contribution in [0.3, 0.4) is 0 Å². The number of rotatable bonds is 4. The maximum atomic E-state index is 12.5. The fraction of sp³-hybridized carbons (Fsp3) is 0.750. The Morgan fingerprint density at radius 3 is 2.30 bits per heavy atom. The smallest absolute Gasteiger partial charge is 0.202 e. The van der Waals surface area contributed by atoms with Gasteiger partial charge in [0.05, 0.1) is 0 Å². The van der Waals surface area contributed by atoms with Crippen LogP contribution in [0.4, 0.5) is 8.78 Å². The molecule has 0 rings (SSSR count). The number of halogens is 2. The van der Waals surface area contributed by atoms with E-state index < -0.39 is 5.92 Å². The van der Waals surface area contributed by atoms with Crippen molar-refractivity contribution < 1.29 is 8.78 Å². The zero-order chi connectivity index (χ0) is 8.04. The SMILES string of the molecule is CCC=CC(F)(F)CCC. The molecule has 0 aliphatic rings. The largest absolute Gasteiger partial charge is 0.266 e. The zero-order valence-corrected chi connectivity index (χ0v) is 6.53. The highest BCUT2D eigenvalue weighted by molar-refractivity contribution is 4.93. The van der Waals surface area contributed by atoms with Crippen LogP contribution in [0.5, 0.6) is 0 Å². The Balaban J connectivity index is 3.73. The molecule has 0 fully saturated rings. The van der Waals surface area contributed by atoms with E-state index in [1.807, 2.05) is 6.92 Å². The summed E-state index contributed by atoms with van der Waals surface area (Å²) in [6.45, 7) is 3.60. The summed E-state index contributed by atoms with van der Waals surface area (Å²) >= 11 is 0. The lowest BCUT2D eigenvalue weighted by atomic mass is 10.2. The number of hydrogen-bond acceptors (Lipinski definition) is 0. The van der Waals surface area contributed by atoms with Gasteiger partial charge in [-0.15, -0.1) is 0 Å². The van der Waals surface area contributed by atoms with Crippen molar-refractivity contribution in [2.45, 2.75) is 39.0 Å². The molecule has 0 spiro atoms. The highest BCUT2D eigenvalue weighted by Crippen LogP contribution is 2.21. The minimum Gasteiger partial charge on any atom is -0.202 e.